The molecule has 0 bridgehead atoms. The summed E-state index contributed by atoms with van der Waals surface area (Å²) in [4.78, 5) is 12.5. The Kier molecular flexibility index (Phi) is 4.38. The second kappa shape index (κ2) is 6.61. The van der Waals surface area contributed by atoms with Crippen LogP contribution in [0.4, 0.5) is 4.39 Å². The van der Waals surface area contributed by atoms with Gasteiger partial charge in [0.25, 0.3) is 5.91 Å². The van der Waals surface area contributed by atoms with Crippen LogP contribution in [0.1, 0.15) is 28.8 Å². The third-order valence-electron chi connectivity index (χ3n) is 4.05. The number of hydrogen-bond donors (Lipinski definition) is 1. The zero-order valence-electron chi connectivity index (χ0n) is 12.9. The first kappa shape index (κ1) is 15.2. The monoisotopic (exact) mass is 307 g/mol. The fourth-order valence-electron chi connectivity index (χ4n) is 2.70. The molecule has 3 heteroatoms. The van der Waals surface area contributed by atoms with Crippen molar-refractivity contribution >= 4 is 16.7 Å². The summed E-state index contributed by atoms with van der Waals surface area (Å²) in [6.07, 6.45) is 0. The van der Waals surface area contributed by atoms with Gasteiger partial charge in [-0.2, -0.15) is 0 Å². The van der Waals surface area contributed by atoms with Gasteiger partial charge in [-0.1, -0.05) is 61.5 Å². The van der Waals surface area contributed by atoms with Crippen molar-refractivity contribution in [3.05, 3.63) is 83.7 Å². The molecular weight excluding hydrogens is 289 g/mol. The van der Waals surface area contributed by atoms with Crippen LogP contribution in [0.2, 0.25) is 0 Å². The molecule has 1 N–H and O–H groups in total. The second-order valence-corrected chi connectivity index (χ2v) is 5.66. The minimum Gasteiger partial charge on any atom is -0.351 e. The average Bonchev–Trinajstić information content (AvgIpc) is 2.60. The molecule has 0 aliphatic carbocycles. The zero-order valence-corrected chi connectivity index (χ0v) is 12.9. The molecule has 3 aromatic rings. The second-order valence-electron chi connectivity index (χ2n) is 5.66. The number of benzene rings is 3. The number of halogens is 1. The third-order valence-corrected chi connectivity index (χ3v) is 4.05. The van der Waals surface area contributed by atoms with Gasteiger partial charge in [-0.05, 0) is 29.0 Å². The number of amides is 1. The first-order chi connectivity index (χ1) is 11.2. The standard InChI is InChI=1S/C20H18FNO/c1-14(15-7-3-2-4-8-15)13-22-20(23)18-11-12-19(21)17-10-6-5-9-16(17)18/h2-12,14H,13H2,1H3,(H,22,23). The maximum atomic E-state index is 13.8. The predicted octanol–water partition coefficient (Wildman–Crippen LogP) is 4.51. The highest BCUT2D eigenvalue weighted by Crippen LogP contribution is 2.22. The number of carbonyl (C=O) groups is 1. The Balaban J connectivity index is 1.78. The number of carbonyl (C=O) groups excluding carboxylic acids is 1. The molecule has 23 heavy (non-hydrogen) atoms. The molecule has 3 rings (SSSR count). The lowest BCUT2D eigenvalue weighted by Crippen LogP contribution is -2.27. The van der Waals surface area contributed by atoms with E-state index in [1.165, 1.54) is 11.6 Å². The average molecular weight is 307 g/mol. The van der Waals surface area contributed by atoms with E-state index in [-0.39, 0.29) is 17.6 Å². The predicted molar refractivity (Wildman–Crippen MR) is 91.1 cm³/mol. The molecule has 116 valence electrons. The van der Waals surface area contributed by atoms with E-state index in [9.17, 15) is 9.18 Å². The summed E-state index contributed by atoms with van der Waals surface area (Å²) >= 11 is 0. The minimum atomic E-state index is -0.310. The molecule has 1 unspecified atom stereocenters. The lowest BCUT2D eigenvalue weighted by molar-refractivity contribution is 0.0953. The molecule has 0 heterocycles. The van der Waals surface area contributed by atoms with E-state index < -0.39 is 0 Å². The molecule has 0 spiro atoms. The van der Waals surface area contributed by atoms with Crippen LogP contribution < -0.4 is 5.32 Å². The minimum absolute atomic E-state index is 0.177. The van der Waals surface area contributed by atoms with Crippen LogP contribution in [0.5, 0.6) is 0 Å². The normalized spacial score (nSPS) is 12.1. The van der Waals surface area contributed by atoms with Crippen molar-refractivity contribution in [2.24, 2.45) is 0 Å². The van der Waals surface area contributed by atoms with E-state index in [0.717, 1.165) is 0 Å². The van der Waals surface area contributed by atoms with Crippen LogP contribution in [0.3, 0.4) is 0 Å². The first-order valence-corrected chi connectivity index (χ1v) is 7.67. The van der Waals surface area contributed by atoms with Crippen molar-refractivity contribution in [3.63, 3.8) is 0 Å². The topological polar surface area (TPSA) is 29.1 Å². The first-order valence-electron chi connectivity index (χ1n) is 7.67. The molecule has 1 atom stereocenters. The molecule has 1 amide bonds. The van der Waals surface area contributed by atoms with Gasteiger partial charge >= 0.3 is 0 Å². The van der Waals surface area contributed by atoms with Crippen LogP contribution in [0.25, 0.3) is 10.8 Å². The van der Waals surface area contributed by atoms with E-state index in [2.05, 4.69) is 12.2 Å². The third kappa shape index (κ3) is 3.24. The van der Waals surface area contributed by atoms with Crippen LogP contribution in [-0.2, 0) is 0 Å². The van der Waals surface area contributed by atoms with E-state index in [4.69, 9.17) is 0 Å². The Morgan fingerprint density at radius 3 is 2.35 bits per heavy atom. The lowest BCUT2D eigenvalue weighted by Gasteiger charge is -2.14. The molecule has 0 saturated heterocycles. The summed E-state index contributed by atoms with van der Waals surface area (Å²) in [5.74, 6) is -0.273. The molecule has 0 aliphatic heterocycles. The number of rotatable bonds is 4. The van der Waals surface area contributed by atoms with Crippen molar-refractivity contribution in [2.45, 2.75) is 12.8 Å². The number of nitrogens with one attached hydrogen (secondary N) is 1. The Bertz CT molecular complexity index is 829. The summed E-state index contributed by atoms with van der Waals surface area (Å²) in [6, 6.07) is 20.0. The Labute approximate surface area is 135 Å². The SMILES string of the molecule is CC(CNC(=O)c1ccc(F)c2ccccc12)c1ccccc1. The number of fused-ring (bicyclic) bond motifs is 1. The Morgan fingerprint density at radius 2 is 1.61 bits per heavy atom. The van der Waals surface area contributed by atoms with Crippen LogP contribution >= 0.6 is 0 Å². The van der Waals surface area contributed by atoms with Crippen molar-refractivity contribution in [3.8, 4) is 0 Å². The maximum absolute atomic E-state index is 13.8. The van der Waals surface area contributed by atoms with Gasteiger partial charge < -0.3 is 5.32 Å². The summed E-state index contributed by atoms with van der Waals surface area (Å²) in [7, 11) is 0. The zero-order chi connectivity index (χ0) is 16.2. The molecule has 0 aliphatic rings. The van der Waals surface area contributed by atoms with Crippen molar-refractivity contribution in [1.29, 1.82) is 0 Å². The van der Waals surface area contributed by atoms with Gasteiger partial charge in [0.1, 0.15) is 5.82 Å². The molecule has 0 fully saturated rings. The van der Waals surface area contributed by atoms with Gasteiger partial charge in [-0.15, -0.1) is 0 Å². The molecule has 0 aromatic heterocycles. The Morgan fingerprint density at radius 1 is 0.957 bits per heavy atom. The highest BCUT2D eigenvalue weighted by molar-refractivity contribution is 6.07. The lowest BCUT2D eigenvalue weighted by atomic mass is 10.0. The summed E-state index contributed by atoms with van der Waals surface area (Å²) in [5.41, 5.74) is 1.68. The quantitative estimate of drug-likeness (QED) is 0.755. The van der Waals surface area contributed by atoms with Crippen LogP contribution in [0, 0.1) is 5.82 Å². The fraction of sp³-hybridized carbons (Fsp3) is 0.150. The summed E-state index contributed by atoms with van der Waals surface area (Å²) in [5, 5.41) is 4.05. The summed E-state index contributed by atoms with van der Waals surface area (Å²) in [6.45, 7) is 2.60. The Hall–Kier alpha value is -2.68. The van der Waals surface area contributed by atoms with Gasteiger partial charge in [0.2, 0.25) is 0 Å². The van der Waals surface area contributed by atoms with E-state index in [1.54, 1.807) is 24.3 Å². The molecule has 3 aromatic carbocycles. The fourth-order valence-corrected chi connectivity index (χ4v) is 2.70. The van der Waals surface area contributed by atoms with Crippen LogP contribution in [-0.4, -0.2) is 12.5 Å². The van der Waals surface area contributed by atoms with Gasteiger partial charge in [0.15, 0.2) is 0 Å². The van der Waals surface area contributed by atoms with Gasteiger partial charge in [-0.3, -0.25) is 4.79 Å². The molecule has 0 saturated carbocycles. The maximum Gasteiger partial charge on any atom is 0.251 e. The number of hydrogen-bond acceptors (Lipinski definition) is 1. The molecule has 2 nitrogen and oxygen atoms in total. The molecule has 0 radical (unpaired) electrons. The van der Waals surface area contributed by atoms with Gasteiger partial charge in [0.05, 0.1) is 0 Å². The van der Waals surface area contributed by atoms with Crippen molar-refractivity contribution in [1.82, 2.24) is 5.32 Å². The van der Waals surface area contributed by atoms with Gasteiger partial charge in [0, 0.05) is 17.5 Å². The summed E-state index contributed by atoms with van der Waals surface area (Å²) < 4.78 is 13.8. The smallest absolute Gasteiger partial charge is 0.251 e. The van der Waals surface area contributed by atoms with Crippen molar-refractivity contribution < 1.29 is 9.18 Å². The van der Waals surface area contributed by atoms with Crippen molar-refractivity contribution in [2.75, 3.05) is 6.54 Å². The van der Waals surface area contributed by atoms with E-state index in [0.29, 0.717) is 22.9 Å². The highest BCUT2D eigenvalue weighted by Gasteiger charge is 2.13. The van der Waals surface area contributed by atoms with Gasteiger partial charge in [-0.25, -0.2) is 4.39 Å². The van der Waals surface area contributed by atoms with Crippen LogP contribution in [0.15, 0.2) is 66.7 Å². The van der Waals surface area contributed by atoms with E-state index >= 15 is 0 Å². The largest absolute Gasteiger partial charge is 0.351 e. The van der Waals surface area contributed by atoms with E-state index in [1.807, 2.05) is 36.4 Å². The molecular formula is C20H18FNO. The highest BCUT2D eigenvalue weighted by atomic mass is 19.1.